The fraction of sp³-hybridized carbons (Fsp3) is 0.632. The summed E-state index contributed by atoms with van der Waals surface area (Å²) < 4.78 is 5.59. The number of hydrogen-bond acceptors (Lipinski definition) is 3. The molecule has 2 aliphatic carbocycles. The molecule has 2 amide bonds. The molecule has 3 N–H and O–H groups in total. The van der Waals surface area contributed by atoms with Gasteiger partial charge in [-0.15, -0.1) is 0 Å². The summed E-state index contributed by atoms with van der Waals surface area (Å²) in [5.41, 5.74) is 0.771. The summed E-state index contributed by atoms with van der Waals surface area (Å²) in [5, 5.41) is 16.1. The number of benzene rings is 1. The van der Waals surface area contributed by atoms with Crippen LogP contribution in [0.15, 0.2) is 24.3 Å². The lowest BCUT2D eigenvalue weighted by Crippen LogP contribution is -2.45. The second-order valence-electron chi connectivity index (χ2n) is 7.31. The lowest BCUT2D eigenvalue weighted by Gasteiger charge is -2.19. The first-order chi connectivity index (χ1) is 11.5. The van der Waals surface area contributed by atoms with Crippen LogP contribution in [0.1, 0.15) is 51.2 Å². The molecule has 5 heteroatoms. The van der Waals surface area contributed by atoms with E-state index < -0.39 is 6.10 Å². The van der Waals surface area contributed by atoms with Crippen LogP contribution in [0.4, 0.5) is 4.79 Å². The molecule has 1 unspecified atom stereocenters. The maximum atomic E-state index is 12.1. The zero-order valence-corrected chi connectivity index (χ0v) is 14.5. The van der Waals surface area contributed by atoms with Crippen LogP contribution in [0.25, 0.3) is 0 Å². The molecular formula is C19H28N2O3. The maximum absolute atomic E-state index is 12.1. The molecule has 3 rings (SSSR count). The van der Waals surface area contributed by atoms with Crippen LogP contribution < -0.4 is 15.4 Å². The van der Waals surface area contributed by atoms with Crippen molar-refractivity contribution in [2.75, 3.05) is 6.54 Å². The first-order valence-corrected chi connectivity index (χ1v) is 9.02. The number of ether oxygens (including phenoxy) is 1. The molecule has 24 heavy (non-hydrogen) atoms. The number of urea groups is 1. The van der Waals surface area contributed by atoms with Crippen LogP contribution >= 0.6 is 0 Å². The molecule has 0 aliphatic heterocycles. The fourth-order valence-corrected chi connectivity index (χ4v) is 3.08. The van der Waals surface area contributed by atoms with Crippen molar-refractivity contribution < 1.29 is 14.6 Å². The summed E-state index contributed by atoms with van der Waals surface area (Å²) in [4.78, 5) is 12.1. The molecule has 2 aliphatic rings. The van der Waals surface area contributed by atoms with Crippen LogP contribution in [0.5, 0.6) is 5.75 Å². The fourth-order valence-electron chi connectivity index (χ4n) is 3.08. The van der Waals surface area contributed by atoms with E-state index in [1.807, 2.05) is 38.1 Å². The van der Waals surface area contributed by atoms with Crippen LogP contribution in [0, 0.1) is 11.8 Å². The van der Waals surface area contributed by atoms with Crippen molar-refractivity contribution in [2.24, 2.45) is 11.8 Å². The van der Waals surface area contributed by atoms with E-state index in [-0.39, 0.29) is 18.7 Å². The first kappa shape index (κ1) is 17.1. The zero-order chi connectivity index (χ0) is 17.1. The number of amides is 2. The molecule has 0 heterocycles. The third-order valence-electron chi connectivity index (χ3n) is 4.65. The summed E-state index contributed by atoms with van der Waals surface area (Å²) >= 11 is 0. The minimum atomic E-state index is -0.718. The van der Waals surface area contributed by atoms with Gasteiger partial charge in [0.05, 0.1) is 12.2 Å². The Morgan fingerprint density at radius 3 is 2.25 bits per heavy atom. The highest BCUT2D eigenvalue weighted by Gasteiger charge is 2.42. The summed E-state index contributed by atoms with van der Waals surface area (Å²) in [6.45, 7) is 4.15. The van der Waals surface area contributed by atoms with Crippen molar-refractivity contribution in [3.05, 3.63) is 29.8 Å². The van der Waals surface area contributed by atoms with Gasteiger partial charge in [0.1, 0.15) is 5.75 Å². The van der Waals surface area contributed by atoms with Gasteiger partial charge in [-0.3, -0.25) is 0 Å². The Hall–Kier alpha value is -1.75. The third kappa shape index (κ3) is 4.87. The molecule has 2 fully saturated rings. The number of rotatable bonds is 8. The lowest BCUT2D eigenvalue weighted by molar-refractivity contribution is 0.171. The third-order valence-corrected chi connectivity index (χ3v) is 4.65. The van der Waals surface area contributed by atoms with Gasteiger partial charge in [-0.05, 0) is 69.1 Å². The average molecular weight is 332 g/mol. The molecule has 2 saturated carbocycles. The summed E-state index contributed by atoms with van der Waals surface area (Å²) in [5.74, 6) is 2.12. The number of carbonyl (C=O) groups excluding carboxylic acids is 1. The summed E-state index contributed by atoms with van der Waals surface area (Å²) in [6, 6.07) is 7.51. The second kappa shape index (κ2) is 7.43. The Morgan fingerprint density at radius 2 is 1.75 bits per heavy atom. The molecule has 5 nitrogen and oxygen atoms in total. The van der Waals surface area contributed by atoms with Gasteiger partial charge in [0.25, 0.3) is 0 Å². The first-order valence-electron chi connectivity index (χ1n) is 9.02. The largest absolute Gasteiger partial charge is 0.491 e. The molecule has 0 saturated heterocycles. The number of aliphatic hydroxyl groups is 1. The highest BCUT2D eigenvalue weighted by atomic mass is 16.5. The number of nitrogens with one attached hydrogen (secondary N) is 2. The van der Waals surface area contributed by atoms with Crippen LogP contribution in [-0.4, -0.2) is 29.8 Å². The zero-order valence-electron chi connectivity index (χ0n) is 14.5. The van der Waals surface area contributed by atoms with Crippen molar-refractivity contribution in [2.45, 2.75) is 57.8 Å². The van der Waals surface area contributed by atoms with E-state index in [1.165, 1.54) is 25.7 Å². The van der Waals surface area contributed by atoms with Crippen LogP contribution in [-0.2, 0) is 0 Å². The Morgan fingerprint density at radius 1 is 1.17 bits per heavy atom. The minimum Gasteiger partial charge on any atom is -0.491 e. The summed E-state index contributed by atoms with van der Waals surface area (Å²) in [6.07, 6.45) is 4.33. The molecule has 0 spiro atoms. The molecule has 0 radical (unpaired) electrons. The highest BCUT2D eigenvalue weighted by Crippen LogP contribution is 2.44. The summed E-state index contributed by atoms with van der Waals surface area (Å²) in [7, 11) is 0. The van der Waals surface area contributed by atoms with Gasteiger partial charge >= 0.3 is 6.03 Å². The molecule has 1 atom stereocenters. The Balaban J connectivity index is 1.44. The van der Waals surface area contributed by atoms with Crippen molar-refractivity contribution >= 4 is 6.03 Å². The number of aliphatic hydroxyl groups excluding tert-OH is 1. The molecular weight excluding hydrogens is 304 g/mol. The van der Waals surface area contributed by atoms with E-state index in [4.69, 9.17) is 4.74 Å². The van der Waals surface area contributed by atoms with Gasteiger partial charge in [-0.1, -0.05) is 12.1 Å². The minimum absolute atomic E-state index is 0.122. The highest BCUT2D eigenvalue weighted by molar-refractivity contribution is 5.74. The normalized spacial score (nSPS) is 18.5. The van der Waals surface area contributed by atoms with Gasteiger partial charge in [0, 0.05) is 12.6 Å². The Bertz CT molecular complexity index is 538. The SMILES string of the molecule is CC(C)Oc1ccc(C(O)CNC(=O)NC(C2CC2)C2CC2)cc1. The monoisotopic (exact) mass is 332 g/mol. The van der Waals surface area contributed by atoms with E-state index in [0.29, 0.717) is 17.9 Å². The maximum Gasteiger partial charge on any atom is 0.315 e. The Kier molecular flexibility index (Phi) is 5.29. The van der Waals surface area contributed by atoms with Gasteiger partial charge in [0.15, 0.2) is 0 Å². The van der Waals surface area contributed by atoms with Crippen molar-refractivity contribution in [3.8, 4) is 5.75 Å². The quantitative estimate of drug-likeness (QED) is 0.685. The predicted molar refractivity (Wildman–Crippen MR) is 92.9 cm³/mol. The molecule has 0 aromatic heterocycles. The van der Waals surface area contributed by atoms with E-state index in [1.54, 1.807) is 0 Å². The second-order valence-corrected chi connectivity index (χ2v) is 7.31. The molecule has 0 bridgehead atoms. The van der Waals surface area contributed by atoms with E-state index >= 15 is 0 Å². The number of carbonyl (C=O) groups is 1. The van der Waals surface area contributed by atoms with Crippen molar-refractivity contribution in [1.82, 2.24) is 10.6 Å². The van der Waals surface area contributed by atoms with Gasteiger partial charge in [-0.25, -0.2) is 4.79 Å². The van der Waals surface area contributed by atoms with E-state index in [9.17, 15) is 9.90 Å². The lowest BCUT2D eigenvalue weighted by atomic mass is 10.1. The predicted octanol–water partition coefficient (Wildman–Crippen LogP) is 3.00. The molecule has 132 valence electrons. The Labute approximate surface area is 143 Å². The van der Waals surface area contributed by atoms with E-state index in [2.05, 4.69) is 10.6 Å². The van der Waals surface area contributed by atoms with Crippen LogP contribution in [0.2, 0.25) is 0 Å². The van der Waals surface area contributed by atoms with Crippen molar-refractivity contribution in [1.29, 1.82) is 0 Å². The topological polar surface area (TPSA) is 70.6 Å². The van der Waals surface area contributed by atoms with E-state index in [0.717, 1.165) is 11.3 Å². The average Bonchev–Trinajstić information content (AvgIpc) is 3.44. The number of hydrogen-bond donors (Lipinski definition) is 3. The molecule has 1 aromatic rings. The van der Waals surface area contributed by atoms with Gasteiger partial charge in [-0.2, -0.15) is 0 Å². The van der Waals surface area contributed by atoms with Gasteiger partial charge in [0.2, 0.25) is 0 Å². The van der Waals surface area contributed by atoms with Gasteiger partial charge < -0.3 is 20.5 Å². The molecule has 1 aromatic carbocycles. The van der Waals surface area contributed by atoms with Crippen LogP contribution in [0.3, 0.4) is 0 Å². The smallest absolute Gasteiger partial charge is 0.315 e. The standard InChI is InChI=1S/C19H28N2O3/c1-12(2)24-16-9-7-13(8-10-16)17(22)11-20-19(23)21-18(14-3-4-14)15-5-6-15/h7-10,12,14-15,17-18,22H,3-6,11H2,1-2H3,(H2,20,21,23). The van der Waals surface area contributed by atoms with Crippen molar-refractivity contribution in [3.63, 3.8) is 0 Å².